The van der Waals surface area contributed by atoms with Crippen LogP contribution in [0.3, 0.4) is 0 Å². The SMILES string of the molecule is CC[C@H](C)[C@@H](/C=N/OCc1ccccc1)NC(=O)[C@H](Cc1ccc(O)cc1)NC(=O)[C@@H](N)C(C)C. The Hall–Kier alpha value is -3.39. The second-order valence-corrected chi connectivity index (χ2v) is 9.13. The predicted octanol–water partition coefficient (Wildman–Crippen LogP) is 3.14. The van der Waals surface area contributed by atoms with E-state index in [0.717, 1.165) is 17.5 Å². The molecule has 0 aliphatic carbocycles. The van der Waals surface area contributed by atoms with Crippen molar-refractivity contribution < 1.29 is 19.5 Å². The summed E-state index contributed by atoms with van der Waals surface area (Å²) in [5.74, 6) is -0.592. The van der Waals surface area contributed by atoms with Gasteiger partial charge in [-0.2, -0.15) is 0 Å². The number of hydrogen-bond acceptors (Lipinski definition) is 6. The Labute approximate surface area is 207 Å². The van der Waals surface area contributed by atoms with E-state index in [0.29, 0.717) is 6.61 Å². The van der Waals surface area contributed by atoms with Crippen LogP contribution in [0.5, 0.6) is 5.75 Å². The average molecular weight is 483 g/mol. The molecule has 0 unspecified atom stereocenters. The number of amides is 2. The summed E-state index contributed by atoms with van der Waals surface area (Å²) < 4.78 is 0. The molecule has 5 N–H and O–H groups in total. The Balaban J connectivity index is 2.12. The molecule has 8 nitrogen and oxygen atoms in total. The average Bonchev–Trinajstić information content (AvgIpc) is 2.86. The highest BCUT2D eigenvalue weighted by Gasteiger charge is 2.28. The van der Waals surface area contributed by atoms with Gasteiger partial charge < -0.3 is 26.3 Å². The number of carbonyl (C=O) groups is 2. The van der Waals surface area contributed by atoms with Gasteiger partial charge in [0, 0.05) is 6.42 Å². The highest BCUT2D eigenvalue weighted by Crippen LogP contribution is 2.13. The van der Waals surface area contributed by atoms with E-state index in [9.17, 15) is 14.7 Å². The van der Waals surface area contributed by atoms with E-state index >= 15 is 0 Å². The van der Waals surface area contributed by atoms with Crippen LogP contribution in [0, 0.1) is 11.8 Å². The van der Waals surface area contributed by atoms with Gasteiger partial charge in [0.25, 0.3) is 0 Å². The van der Waals surface area contributed by atoms with Gasteiger partial charge in [-0.1, -0.05) is 81.7 Å². The molecular formula is C27H38N4O4. The van der Waals surface area contributed by atoms with E-state index in [1.807, 2.05) is 58.0 Å². The number of aromatic hydroxyl groups is 1. The fourth-order valence-corrected chi connectivity index (χ4v) is 3.29. The van der Waals surface area contributed by atoms with Crippen molar-refractivity contribution in [2.45, 2.75) is 65.3 Å². The first-order valence-corrected chi connectivity index (χ1v) is 12.0. The second-order valence-electron chi connectivity index (χ2n) is 9.13. The lowest BCUT2D eigenvalue weighted by atomic mass is 9.98. The molecule has 0 saturated carbocycles. The molecule has 2 amide bonds. The number of phenolic OH excluding ortho intramolecular Hbond substituents is 1. The summed E-state index contributed by atoms with van der Waals surface area (Å²) in [5.41, 5.74) is 7.79. The Morgan fingerprint density at radius 2 is 1.66 bits per heavy atom. The zero-order valence-corrected chi connectivity index (χ0v) is 21.0. The highest BCUT2D eigenvalue weighted by molar-refractivity contribution is 5.91. The van der Waals surface area contributed by atoms with Crippen molar-refractivity contribution in [1.82, 2.24) is 10.6 Å². The van der Waals surface area contributed by atoms with Crippen molar-refractivity contribution in [2.75, 3.05) is 0 Å². The van der Waals surface area contributed by atoms with Crippen LogP contribution in [0.4, 0.5) is 0 Å². The second kappa shape index (κ2) is 14.1. The Bertz CT molecular complexity index is 947. The maximum Gasteiger partial charge on any atom is 0.243 e. The molecule has 0 spiro atoms. The lowest BCUT2D eigenvalue weighted by Gasteiger charge is -2.26. The molecule has 35 heavy (non-hydrogen) atoms. The monoisotopic (exact) mass is 482 g/mol. The van der Waals surface area contributed by atoms with Gasteiger partial charge >= 0.3 is 0 Å². The molecule has 0 fully saturated rings. The molecule has 0 aliphatic heterocycles. The van der Waals surface area contributed by atoms with Gasteiger partial charge in [-0.15, -0.1) is 0 Å². The van der Waals surface area contributed by atoms with Crippen LogP contribution in [0.15, 0.2) is 59.8 Å². The first kappa shape index (κ1) is 27.9. The quantitative estimate of drug-likeness (QED) is 0.258. The molecule has 0 aromatic heterocycles. The van der Waals surface area contributed by atoms with E-state index in [-0.39, 0.29) is 41.9 Å². The van der Waals surface area contributed by atoms with Crippen LogP contribution in [0.25, 0.3) is 0 Å². The third kappa shape index (κ3) is 9.41. The normalized spacial score (nSPS) is 14.8. The summed E-state index contributed by atoms with van der Waals surface area (Å²) in [6.07, 6.45) is 2.65. The van der Waals surface area contributed by atoms with Gasteiger partial charge in [0.2, 0.25) is 11.8 Å². The largest absolute Gasteiger partial charge is 0.508 e. The Kier molecular flexibility index (Phi) is 11.2. The molecule has 0 saturated heterocycles. The van der Waals surface area contributed by atoms with Crippen LogP contribution in [-0.2, 0) is 27.5 Å². The van der Waals surface area contributed by atoms with Crippen LogP contribution >= 0.6 is 0 Å². The van der Waals surface area contributed by atoms with E-state index in [1.54, 1.807) is 30.5 Å². The molecular weight excluding hydrogens is 444 g/mol. The summed E-state index contributed by atoms with van der Waals surface area (Å²) in [4.78, 5) is 31.4. The standard InChI is InChI=1S/C27H38N4O4/c1-5-19(4)24(16-29-35-17-21-9-7-6-8-10-21)31-26(33)23(30-27(34)25(28)18(2)3)15-20-11-13-22(32)14-12-20/h6-14,16,18-19,23-25,32H,5,15,17,28H2,1-4H3,(H,30,34)(H,31,33)/b29-16+/t19-,23-,24+,25-/m0/s1. The number of nitrogens with two attached hydrogens (primary N) is 1. The summed E-state index contributed by atoms with van der Waals surface area (Å²) in [6, 6.07) is 14.2. The summed E-state index contributed by atoms with van der Waals surface area (Å²) in [5, 5.41) is 19.4. The molecule has 2 aromatic carbocycles. The van der Waals surface area contributed by atoms with Crippen LogP contribution in [0.2, 0.25) is 0 Å². The Morgan fingerprint density at radius 1 is 1.00 bits per heavy atom. The molecule has 2 rings (SSSR count). The van der Waals surface area contributed by atoms with Gasteiger partial charge in [0.15, 0.2) is 0 Å². The topological polar surface area (TPSA) is 126 Å². The van der Waals surface area contributed by atoms with Gasteiger partial charge in [0.1, 0.15) is 18.4 Å². The number of nitrogens with one attached hydrogen (secondary N) is 2. The van der Waals surface area contributed by atoms with Gasteiger partial charge in [-0.3, -0.25) is 9.59 Å². The first-order chi connectivity index (χ1) is 16.7. The first-order valence-electron chi connectivity index (χ1n) is 12.0. The molecule has 4 atom stereocenters. The predicted molar refractivity (Wildman–Crippen MR) is 138 cm³/mol. The number of nitrogens with zero attached hydrogens (tertiary/aromatic N) is 1. The smallest absolute Gasteiger partial charge is 0.243 e. The molecule has 0 heterocycles. The number of hydrogen-bond donors (Lipinski definition) is 4. The fraction of sp³-hybridized carbons (Fsp3) is 0.444. The van der Waals surface area contributed by atoms with Crippen molar-refractivity contribution in [1.29, 1.82) is 0 Å². The number of benzene rings is 2. The zero-order chi connectivity index (χ0) is 25.8. The summed E-state index contributed by atoms with van der Waals surface area (Å²) in [7, 11) is 0. The summed E-state index contributed by atoms with van der Waals surface area (Å²) >= 11 is 0. The van der Waals surface area contributed by atoms with Crippen molar-refractivity contribution in [3.63, 3.8) is 0 Å². The Morgan fingerprint density at radius 3 is 2.26 bits per heavy atom. The number of oxime groups is 1. The number of phenols is 1. The third-order valence-corrected chi connectivity index (χ3v) is 5.97. The minimum Gasteiger partial charge on any atom is -0.508 e. The van der Waals surface area contributed by atoms with E-state index < -0.39 is 12.1 Å². The lowest BCUT2D eigenvalue weighted by molar-refractivity contribution is -0.130. The van der Waals surface area contributed by atoms with Gasteiger partial charge in [-0.05, 0) is 35.1 Å². The minimum absolute atomic E-state index is 0.0749. The number of carbonyl (C=O) groups excluding carboxylic acids is 2. The molecule has 2 aromatic rings. The van der Waals surface area contributed by atoms with Crippen molar-refractivity contribution in [3.8, 4) is 5.75 Å². The number of rotatable bonds is 13. The lowest BCUT2D eigenvalue weighted by Crippen LogP contribution is -2.56. The van der Waals surface area contributed by atoms with Crippen molar-refractivity contribution in [2.24, 2.45) is 22.7 Å². The maximum absolute atomic E-state index is 13.3. The zero-order valence-electron chi connectivity index (χ0n) is 21.0. The van der Waals surface area contributed by atoms with E-state index in [1.165, 1.54) is 0 Å². The maximum atomic E-state index is 13.3. The third-order valence-electron chi connectivity index (χ3n) is 5.97. The van der Waals surface area contributed by atoms with Crippen molar-refractivity contribution in [3.05, 3.63) is 65.7 Å². The highest BCUT2D eigenvalue weighted by atomic mass is 16.6. The molecule has 0 radical (unpaired) electrons. The minimum atomic E-state index is -0.845. The van der Waals surface area contributed by atoms with Crippen LogP contribution in [0.1, 0.15) is 45.2 Å². The molecule has 0 aliphatic rings. The van der Waals surface area contributed by atoms with Gasteiger partial charge in [0.05, 0.1) is 18.3 Å². The molecule has 190 valence electrons. The van der Waals surface area contributed by atoms with Crippen LogP contribution in [-0.4, -0.2) is 41.3 Å². The fourth-order valence-electron chi connectivity index (χ4n) is 3.29. The van der Waals surface area contributed by atoms with E-state index in [2.05, 4.69) is 15.8 Å². The van der Waals surface area contributed by atoms with Crippen LogP contribution < -0.4 is 16.4 Å². The summed E-state index contributed by atoms with van der Waals surface area (Å²) in [6.45, 7) is 8.07. The van der Waals surface area contributed by atoms with Gasteiger partial charge in [-0.25, -0.2) is 0 Å². The molecule has 8 heteroatoms. The molecule has 0 bridgehead atoms. The van der Waals surface area contributed by atoms with Crippen molar-refractivity contribution >= 4 is 18.0 Å². The van der Waals surface area contributed by atoms with E-state index in [4.69, 9.17) is 10.6 Å².